The van der Waals surface area contributed by atoms with Crippen LogP contribution in [0.3, 0.4) is 0 Å². The van der Waals surface area contributed by atoms with Crippen molar-refractivity contribution in [1.29, 1.82) is 0 Å². The van der Waals surface area contributed by atoms with Gasteiger partial charge in [-0.05, 0) is 37.6 Å². The third kappa shape index (κ3) is 4.46. The zero-order valence-electron chi connectivity index (χ0n) is 8.93. The fourth-order valence-electron chi connectivity index (χ4n) is 2.22. The lowest BCUT2D eigenvalue weighted by Gasteiger charge is -2.33. The van der Waals surface area contributed by atoms with Crippen molar-refractivity contribution in [2.24, 2.45) is 11.8 Å². The summed E-state index contributed by atoms with van der Waals surface area (Å²) in [6.45, 7) is 8.59. The number of likely N-dealkylation sites (tertiary alicyclic amines) is 1. The maximum atomic E-state index is 3.54. The molecule has 0 bridgehead atoms. The monoisotopic (exact) mass is 247 g/mol. The summed E-state index contributed by atoms with van der Waals surface area (Å²) in [5.41, 5.74) is 0. The Morgan fingerprint density at radius 2 is 2.23 bits per heavy atom. The lowest BCUT2D eigenvalue weighted by molar-refractivity contribution is 0.157. The zero-order chi connectivity index (χ0) is 9.68. The van der Waals surface area contributed by atoms with Gasteiger partial charge in [0.05, 0.1) is 0 Å². The van der Waals surface area contributed by atoms with Gasteiger partial charge in [-0.15, -0.1) is 0 Å². The summed E-state index contributed by atoms with van der Waals surface area (Å²) < 4.78 is 0. The molecule has 1 atom stereocenters. The van der Waals surface area contributed by atoms with Crippen molar-refractivity contribution in [2.45, 2.75) is 33.1 Å². The molecule has 1 aliphatic heterocycles. The molecule has 1 rings (SSSR count). The third-order valence-electron chi connectivity index (χ3n) is 2.74. The normalized spacial score (nSPS) is 25.4. The average Bonchev–Trinajstić information content (AvgIpc) is 2.04. The van der Waals surface area contributed by atoms with Gasteiger partial charge in [-0.1, -0.05) is 29.8 Å². The molecule has 1 nitrogen and oxygen atoms in total. The highest BCUT2D eigenvalue weighted by molar-refractivity contribution is 9.09. The summed E-state index contributed by atoms with van der Waals surface area (Å²) >= 11 is 3.54. The van der Waals surface area contributed by atoms with E-state index in [0.29, 0.717) is 0 Å². The van der Waals surface area contributed by atoms with Gasteiger partial charge in [0.2, 0.25) is 0 Å². The highest BCUT2D eigenvalue weighted by Crippen LogP contribution is 2.20. The Labute approximate surface area is 91.0 Å². The Morgan fingerprint density at radius 1 is 1.46 bits per heavy atom. The van der Waals surface area contributed by atoms with E-state index < -0.39 is 0 Å². The first-order chi connectivity index (χ1) is 6.22. The van der Waals surface area contributed by atoms with Crippen LogP contribution in [-0.2, 0) is 0 Å². The minimum absolute atomic E-state index is 0.822. The van der Waals surface area contributed by atoms with Gasteiger partial charge in [-0.3, -0.25) is 0 Å². The third-order valence-corrected chi connectivity index (χ3v) is 3.20. The SMILES string of the molecule is CC(C)CN1CCCC(CCBr)C1. The first-order valence-electron chi connectivity index (χ1n) is 5.50. The largest absolute Gasteiger partial charge is 0.303 e. The minimum atomic E-state index is 0.822. The van der Waals surface area contributed by atoms with Crippen LogP contribution in [0.2, 0.25) is 0 Å². The topological polar surface area (TPSA) is 3.24 Å². The number of nitrogens with zero attached hydrogens (tertiary/aromatic N) is 1. The summed E-state index contributed by atoms with van der Waals surface area (Å²) in [4.78, 5) is 2.64. The van der Waals surface area contributed by atoms with Crippen LogP contribution in [0.15, 0.2) is 0 Å². The molecule has 0 radical (unpaired) electrons. The minimum Gasteiger partial charge on any atom is -0.303 e. The van der Waals surface area contributed by atoms with Crippen LogP contribution >= 0.6 is 15.9 Å². The molecule has 1 unspecified atom stereocenters. The van der Waals surface area contributed by atoms with Gasteiger partial charge in [-0.2, -0.15) is 0 Å². The lowest BCUT2D eigenvalue weighted by atomic mass is 9.95. The van der Waals surface area contributed by atoms with Crippen molar-refractivity contribution >= 4 is 15.9 Å². The van der Waals surface area contributed by atoms with Gasteiger partial charge >= 0.3 is 0 Å². The van der Waals surface area contributed by atoms with Crippen LogP contribution in [0, 0.1) is 11.8 Å². The molecule has 0 aromatic rings. The van der Waals surface area contributed by atoms with Crippen LogP contribution in [0.25, 0.3) is 0 Å². The van der Waals surface area contributed by atoms with Crippen LogP contribution in [-0.4, -0.2) is 29.9 Å². The highest BCUT2D eigenvalue weighted by Gasteiger charge is 2.19. The van der Waals surface area contributed by atoms with Crippen LogP contribution < -0.4 is 0 Å². The average molecular weight is 248 g/mol. The number of halogens is 1. The van der Waals surface area contributed by atoms with Gasteiger partial charge in [0, 0.05) is 18.4 Å². The van der Waals surface area contributed by atoms with Crippen molar-refractivity contribution in [1.82, 2.24) is 4.90 Å². The Morgan fingerprint density at radius 3 is 2.85 bits per heavy atom. The van der Waals surface area contributed by atoms with Gasteiger partial charge in [0.1, 0.15) is 0 Å². The zero-order valence-corrected chi connectivity index (χ0v) is 10.5. The van der Waals surface area contributed by atoms with Crippen molar-refractivity contribution in [3.8, 4) is 0 Å². The van der Waals surface area contributed by atoms with Crippen molar-refractivity contribution in [3.63, 3.8) is 0 Å². The maximum Gasteiger partial charge on any atom is 0.00344 e. The van der Waals surface area contributed by atoms with Gasteiger partial charge in [-0.25, -0.2) is 0 Å². The summed E-state index contributed by atoms with van der Waals surface area (Å²) in [5.74, 6) is 1.77. The molecular formula is C11H22BrN. The molecule has 0 N–H and O–H groups in total. The van der Waals surface area contributed by atoms with E-state index in [1.807, 2.05) is 0 Å². The highest BCUT2D eigenvalue weighted by atomic mass is 79.9. The number of hydrogen-bond donors (Lipinski definition) is 0. The maximum absolute atomic E-state index is 3.54. The first-order valence-corrected chi connectivity index (χ1v) is 6.63. The Hall–Kier alpha value is 0.440. The molecule has 0 aromatic carbocycles. The Bertz CT molecular complexity index is 134. The van der Waals surface area contributed by atoms with E-state index in [-0.39, 0.29) is 0 Å². The summed E-state index contributed by atoms with van der Waals surface area (Å²) in [6, 6.07) is 0. The van der Waals surface area contributed by atoms with Crippen molar-refractivity contribution in [3.05, 3.63) is 0 Å². The Balaban J connectivity index is 2.24. The van der Waals surface area contributed by atoms with E-state index in [0.717, 1.165) is 11.8 Å². The van der Waals surface area contributed by atoms with E-state index in [1.165, 1.54) is 44.2 Å². The molecule has 0 saturated carbocycles. The molecule has 1 saturated heterocycles. The summed E-state index contributed by atoms with van der Waals surface area (Å²) in [6.07, 6.45) is 4.21. The van der Waals surface area contributed by atoms with Gasteiger partial charge < -0.3 is 4.90 Å². The molecule has 1 heterocycles. The Kier molecular flexibility index (Phi) is 5.34. The molecule has 1 aliphatic rings. The second-order valence-corrected chi connectivity index (χ2v) is 5.43. The standard InChI is InChI=1S/C11H22BrN/c1-10(2)8-13-7-3-4-11(9-13)5-6-12/h10-11H,3-9H2,1-2H3. The number of alkyl halides is 1. The molecule has 13 heavy (non-hydrogen) atoms. The molecule has 1 fully saturated rings. The first kappa shape index (κ1) is 11.5. The smallest absolute Gasteiger partial charge is 0.00344 e. The van der Waals surface area contributed by atoms with Crippen molar-refractivity contribution < 1.29 is 0 Å². The molecule has 0 aliphatic carbocycles. The molecule has 0 amide bonds. The lowest BCUT2D eigenvalue weighted by Crippen LogP contribution is -2.37. The fraction of sp³-hybridized carbons (Fsp3) is 1.00. The second kappa shape index (κ2) is 6.02. The van der Waals surface area contributed by atoms with Crippen molar-refractivity contribution in [2.75, 3.05) is 25.0 Å². The van der Waals surface area contributed by atoms with Crippen LogP contribution in [0.1, 0.15) is 33.1 Å². The predicted molar refractivity (Wildman–Crippen MR) is 62.4 cm³/mol. The van der Waals surface area contributed by atoms with E-state index in [4.69, 9.17) is 0 Å². The number of rotatable bonds is 4. The number of hydrogen-bond acceptors (Lipinski definition) is 1. The molecular weight excluding hydrogens is 226 g/mol. The van der Waals surface area contributed by atoms with E-state index in [1.54, 1.807) is 0 Å². The van der Waals surface area contributed by atoms with Gasteiger partial charge in [0.25, 0.3) is 0 Å². The summed E-state index contributed by atoms with van der Waals surface area (Å²) in [7, 11) is 0. The number of piperidine rings is 1. The molecule has 2 heteroatoms. The van der Waals surface area contributed by atoms with Crippen LogP contribution in [0.4, 0.5) is 0 Å². The molecule has 0 spiro atoms. The predicted octanol–water partition coefficient (Wildman–Crippen LogP) is 3.14. The van der Waals surface area contributed by atoms with Crippen LogP contribution in [0.5, 0.6) is 0 Å². The molecule has 0 aromatic heterocycles. The quantitative estimate of drug-likeness (QED) is 0.691. The van der Waals surface area contributed by atoms with E-state index in [9.17, 15) is 0 Å². The fourth-order valence-corrected chi connectivity index (χ4v) is 2.87. The van der Waals surface area contributed by atoms with E-state index in [2.05, 4.69) is 34.7 Å². The summed E-state index contributed by atoms with van der Waals surface area (Å²) in [5, 5.41) is 1.17. The molecule has 78 valence electrons. The van der Waals surface area contributed by atoms with E-state index >= 15 is 0 Å². The van der Waals surface area contributed by atoms with Gasteiger partial charge in [0.15, 0.2) is 0 Å². The second-order valence-electron chi connectivity index (χ2n) is 4.64.